The van der Waals surface area contributed by atoms with E-state index in [1.165, 1.54) is 17.0 Å². The summed E-state index contributed by atoms with van der Waals surface area (Å²) in [7, 11) is 1.74. The van der Waals surface area contributed by atoms with E-state index in [4.69, 9.17) is 14.7 Å². The first-order valence-corrected chi connectivity index (χ1v) is 6.92. The third-order valence-electron chi connectivity index (χ3n) is 3.30. The highest BCUT2D eigenvalue weighted by molar-refractivity contribution is 5.28. The van der Waals surface area contributed by atoms with Crippen molar-refractivity contribution in [3.63, 3.8) is 0 Å². The standard InChI is InChI=1S/C14H23N3O/c1-3-5-12-11-7-8-15-10-13(11)17-14(16-12)6-4-9-18-2/h15H,3-10H2,1-2H3. The second-order valence-corrected chi connectivity index (χ2v) is 4.78. The molecule has 2 rings (SSSR count). The summed E-state index contributed by atoms with van der Waals surface area (Å²) < 4.78 is 5.09. The van der Waals surface area contributed by atoms with Gasteiger partial charge in [0.25, 0.3) is 0 Å². The Kier molecular flexibility index (Phi) is 5.08. The van der Waals surface area contributed by atoms with Crippen LogP contribution >= 0.6 is 0 Å². The first-order valence-electron chi connectivity index (χ1n) is 6.92. The summed E-state index contributed by atoms with van der Waals surface area (Å²) in [6.07, 6.45) is 5.20. The Bertz CT molecular complexity index is 393. The molecule has 1 aliphatic rings. The zero-order valence-corrected chi connectivity index (χ0v) is 11.5. The molecule has 0 saturated carbocycles. The number of hydrogen-bond donors (Lipinski definition) is 1. The summed E-state index contributed by atoms with van der Waals surface area (Å²) in [5, 5.41) is 3.39. The average Bonchev–Trinajstić information content (AvgIpc) is 2.39. The van der Waals surface area contributed by atoms with E-state index in [2.05, 4.69) is 12.2 Å². The van der Waals surface area contributed by atoms with E-state index < -0.39 is 0 Å². The molecule has 1 aliphatic heterocycles. The Morgan fingerprint density at radius 2 is 2.17 bits per heavy atom. The van der Waals surface area contributed by atoms with Crippen molar-refractivity contribution in [3.8, 4) is 0 Å². The number of nitrogens with one attached hydrogen (secondary N) is 1. The highest BCUT2D eigenvalue weighted by atomic mass is 16.5. The topological polar surface area (TPSA) is 47.0 Å². The van der Waals surface area contributed by atoms with Crippen LogP contribution in [0, 0.1) is 0 Å². The molecule has 0 aromatic carbocycles. The molecule has 18 heavy (non-hydrogen) atoms. The van der Waals surface area contributed by atoms with E-state index >= 15 is 0 Å². The molecule has 4 nitrogen and oxygen atoms in total. The fourth-order valence-corrected chi connectivity index (χ4v) is 2.42. The van der Waals surface area contributed by atoms with Crippen molar-refractivity contribution in [2.75, 3.05) is 20.3 Å². The van der Waals surface area contributed by atoms with Gasteiger partial charge in [-0.05, 0) is 31.4 Å². The molecule has 1 aromatic rings. The van der Waals surface area contributed by atoms with Gasteiger partial charge in [0, 0.05) is 32.4 Å². The smallest absolute Gasteiger partial charge is 0.129 e. The molecule has 0 atom stereocenters. The number of ether oxygens (including phenoxy) is 1. The van der Waals surface area contributed by atoms with E-state index in [0.29, 0.717) is 0 Å². The fourth-order valence-electron chi connectivity index (χ4n) is 2.42. The maximum Gasteiger partial charge on any atom is 0.129 e. The van der Waals surface area contributed by atoms with Crippen LogP contribution in [0.25, 0.3) is 0 Å². The van der Waals surface area contributed by atoms with Crippen LogP contribution in [0.1, 0.15) is 42.5 Å². The molecular weight excluding hydrogens is 226 g/mol. The number of hydrogen-bond acceptors (Lipinski definition) is 4. The zero-order valence-electron chi connectivity index (χ0n) is 11.5. The molecule has 0 unspecified atom stereocenters. The van der Waals surface area contributed by atoms with Gasteiger partial charge in [-0.3, -0.25) is 0 Å². The van der Waals surface area contributed by atoms with Crippen molar-refractivity contribution in [3.05, 3.63) is 22.8 Å². The van der Waals surface area contributed by atoms with E-state index in [0.717, 1.165) is 57.6 Å². The Hall–Kier alpha value is -1.00. The Morgan fingerprint density at radius 1 is 1.28 bits per heavy atom. The van der Waals surface area contributed by atoms with Crippen molar-refractivity contribution in [2.24, 2.45) is 0 Å². The van der Waals surface area contributed by atoms with Gasteiger partial charge in [-0.25, -0.2) is 9.97 Å². The van der Waals surface area contributed by atoms with Gasteiger partial charge in [0.15, 0.2) is 0 Å². The van der Waals surface area contributed by atoms with Gasteiger partial charge in [0.05, 0.1) is 5.69 Å². The highest BCUT2D eigenvalue weighted by Gasteiger charge is 2.16. The van der Waals surface area contributed by atoms with Gasteiger partial charge in [0.2, 0.25) is 0 Å². The molecule has 4 heteroatoms. The molecule has 1 aromatic heterocycles. The molecule has 0 fully saturated rings. The summed E-state index contributed by atoms with van der Waals surface area (Å²) in [5.74, 6) is 0.984. The second-order valence-electron chi connectivity index (χ2n) is 4.78. The molecule has 0 aliphatic carbocycles. The lowest BCUT2D eigenvalue weighted by molar-refractivity contribution is 0.194. The van der Waals surface area contributed by atoms with Crippen LogP contribution in [0.4, 0.5) is 0 Å². The Morgan fingerprint density at radius 3 is 2.94 bits per heavy atom. The first kappa shape index (κ1) is 13.4. The Labute approximate surface area is 109 Å². The Balaban J connectivity index is 2.18. The summed E-state index contributed by atoms with van der Waals surface area (Å²) in [5.41, 5.74) is 3.88. The van der Waals surface area contributed by atoms with Gasteiger partial charge in [-0.1, -0.05) is 13.3 Å². The molecule has 0 spiro atoms. The van der Waals surface area contributed by atoms with Gasteiger partial charge < -0.3 is 10.1 Å². The summed E-state index contributed by atoms with van der Waals surface area (Å²) in [6.45, 7) is 4.93. The summed E-state index contributed by atoms with van der Waals surface area (Å²) in [6, 6.07) is 0. The lowest BCUT2D eigenvalue weighted by Gasteiger charge is -2.20. The van der Waals surface area contributed by atoms with Crippen LogP contribution in [0.2, 0.25) is 0 Å². The minimum absolute atomic E-state index is 0.780. The van der Waals surface area contributed by atoms with Crippen molar-refractivity contribution in [1.29, 1.82) is 0 Å². The molecular formula is C14H23N3O. The minimum atomic E-state index is 0.780. The van der Waals surface area contributed by atoms with Crippen molar-refractivity contribution >= 4 is 0 Å². The van der Waals surface area contributed by atoms with Crippen LogP contribution in [0.3, 0.4) is 0 Å². The quantitative estimate of drug-likeness (QED) is 0.779. The third-order valence-corrected chi connectivity index (χ3v) is 3.30. The predicted octanol–water partition coefficient (Wildman–Crippen LogP) is 1.65. The molecule has 100 valence electrons. The lowest BCUT2D eigenvalue weighted by atomic mass is 10.0. The van der Waals surface area contributed by atoms with Crippen molar-refractivity contribution in [1.82, 2.24) is 15.3 Å². The predicted molar refractivity (Wildman–Crippen MR) is 71.6 cm³/mol. The first-order chi connectivity index (χ1) is 8.85. The molecule has 1 N–H and O–H groups in total. The lowest BCUT2D eigenvalue weighted by Crippen LogP contribution is -2.27. The summed E-state index contributed by atoms with van der Waals surface area (Å²) in [4.78, 5) is 9.45. The molecule has 0 radical (unpaired) electrons. The highest BCUT2D eigenvalue weighted by Crippen LogP contribution is 2.17. The monoisotopic (exact) mass is 249 g/mol. The van der Waals surface area contributed by atoms with Crippen LogP contribution in [-0.2, 0) is 30.5 Å². The van der Waals surface area contributed by atoms with Gasteiger partial charge >= 0.3 is 0 Å². The van der Waals surface area contributed by atoms with Crippen LogP contribution in [-0.4, -0.2) is 30.2 Å². The SMILES string of the molecule is CCCc1nc(CCCOC)nc2c1CCNC2. The van der Waals surface area contributed by atoms with Gasteiger partial charge in [-0.2, -0.15) is 0 Å². The maximum atomic E-state index is 5.09. The molecule has 0 saturated heterocycles. The van der Waals surface area contributed by atoms with Crippen molar-refractivity contribution < 1.29 is 4.74 Å². The van der Waals surface area contributed by atoms with E-state index in [-0.39, 0.29) is 0 Å². The number of fused-ring (bicyclic) bond motifs is 1. The minimum Gasteiger partial charge on any atom is -0.385 e. The van der Waals surface area contributed by atoms with Crippen LogP contribution < -0.4 is 5.32 Å². The number of rotatable bonds is 6. The van der Waals surface area contributed by atoms with Crippen LogP contribution in [0.5, 0.6) is 0 Å². The van der Waals surface area contributed by atoms with E-state index in [1.54, 1.807) is 7.11 Å². The van der Waals surface area contributed by atoms with E-state index in [1.807, 2.05) is 0 Å². The number of methoxy groups -OCH3 is 1. The maximum absolute atomic E-state index is 5.09. The van der Waals surface area contributed by atoms with Gasteiger partial charge in [0.1, 0.15) is 5.82 Å². The summed E-state index contributed by atoms with van der Waals surface area (Å²) >= 11 is 0. The van der Waals surface area contributed by atoms with Gasteiger partial charge in [-0.15, -0.1) is 0 Å². The zero-order chi connectivity index (χ0) is 12.8. The number of nitrogens with zero attached hydrogens (tertiary/aromatic N) is 2. The average molecular weight is 249 g/mol. The number of aromatic nitrogens is 2. The number of aryl methyl sites for hydroxylation is 2. The van der Waals surface area contributed by atoms with Crippen LogP contribution in [0.15, 0.2) is 0 Å². The molecule has 2 heterocycles. The molecule has 0 amide bonds. The third kappa shape index (κ3) is 3.27. The largest absolute Gasteiger partial charge is 0.385 e. The molecule has 0 bridgehead atoms. The van der Waals surface area contributed by atoms with E-state index in [9.17, 15) is 0 Å². The van der Waals surface area contributed by atoms with Crippen molar-refractivity contribution in [2.45, 2.75) is 45.6 Å². The second kappa shape index (κ2) is 6.81. The fraction of sp³-hybridized carbons (Fsp3) is 0.714. The normalized spacial score (nSPS) is 14.6.